The lowest BCUT2D eigenvalue weighted by molar-refractivity contribution is -0.384. The van der Waals surface area contributed by atoms with Crippen LogP contribution in [-0.4, -0.2) is 14.3 Å². The third-order valence-corrected chi connectivity index (χ3v) is 5.15. The van der Waals surface area contributed by atoms with Crippen LogP contribution in [0.1, 0.15) is 5.56 Å². The molecule has 4 rings (SSSR count). The predicted octanol–water partition coefficient (Wildman–Crippen LogP) is 5.16. The van der Waals surface area contributed by atoms with Gasteiger partial charge < -0.3 is 0 Å². The van der Waals surface area contributed by atoms with Gasteiger partial charge in [0, 0.05) is 34.8 Å². The van der Waals surface area contributed by atoms with Crippen molar-refractivity contribution in [2.75, 3.05) is 0 Å². The van der Waals surface area contributed by atoms with Crippen LogP contribution in [0, 0.1) is 21.4 Å². The van der Waals surface area contributed by atoms with Gasteiger partial charge in [0.1, 0.15) is 16.3 Å². The Labute approximate surface area is 156 Å². The molecule has 2 aromatic carbocycles. The van der Waals surface area contributed by atoms with E-state index in [0.717, 1.165) is 10.4 Å². The van der Waals surface area contributed by atoms with Gasteiger partial charge in [0.15, 0.2) is 0 Å². The first-order valence-electron chi connectivity index (χ1n) is 7.49. The van der Waals surface area contributed by atoms with Crippen molar-refractivity contribution in [3.63, 3.8) is 0 Å². The minimum atomic E-state index is -0.455. The quantitative estimate of drug-likeness (QED) is 0.363. The molecule has 2 aromatic heterocycles. The van der Waals surface area contributed by atoms with Gasteiger partial charge in [-0.1, -0.05) is 11.6 Å². The fourth-order valence-electron chi connectivity index (χ4n) is 2.71. The third-order valence-electron chi connectivity index (χ3n) is 3.94. The van der Waals surface area contributed by atoms with Gasteiger partial charge in [-0.15, -0.1) is 11.3 Å². The Bertz CT molecular complexity index is 1190. The summed E-state index contributed by atoms with van der Waals surface area (Å²) in [6.07, 6.45) is 1.88. The highest BCUT2D eigenvalue weighted by atomic mass is 35.5. The predicted molar refractivity (Wildman–Crippen MR) is 100 cm³/mol. The van der Waals surface area contributed by atoms with Crippen molar-refractivity contribution in [3.8, 4) is 28.7 Å². The maximum Gasteiger partial charge on any atom is 0.270 e. The van der Waals surface area contributed by atoms with Gasteiger partial charge in [-0.3, -0.25) is 14.5 Å². The van der Waals surface area contributed by atoms with Crippen LogP contribution in [0.25, 0.3) is 27.5 Å². The maximum absolute atomic E-state index is 11.1. The maximum atomic E-state index is 11.1. The minimum absolute atomic E-state index is 0.0398. The molecule has 0 saturated heterocycles. The van der Waals surface area contributed by atoms with Crippen LogP contribution in [0.3, 0.4) is 0 Å². The minimum Gasteiger partial charge on any atom is -0.290 e. The summed E-state index contributed by atoms with van der Waals surface area (Å²) < 4.78 is 1.91. The third kappa shape index (κ3) is 2.62. The van der Waals surface area contributed by atoms with Crippen LogP contribution in [0.5, 0.6) is 0 Å². The number of fused-ring (bicyclic) bond motifs is 1. The van der Waals surface area contributed by atoms with Gasteiger partial charge in [-0.2, -0.15) is 5.26 Å². The van der Waals surface area contributed by atoms with Crippen molar-refractivity contribution in [2.24, 2.45) is 0 Å². The molecule has 2 heterocycles. The van der Waals surface area contributed by atoms with E-state index in [1.807, 2.05) is 28.1 Å². The molecule has 0 aliphatic heterocycles. The summed E-state index contributed by atoms with van der Waals surface area (Å²) in [5.74, 6) is 0.684. The van der Waals surface area contributed by atoms with E-state index in [2.05, 4.69) is 6.07 Å². The number of benzene rings is 2. The average molecular weight is 381 g/mol. The first-order valence-corrected chi connectivity index (χ1v) is 8.74. The number of thiazole rings is 1. The molecule has 0 fully saturated rings. The molecule has 0 aliphatic carbocycles. The second-order valence-corrected chi connectivity index (χ2v) is 6.77. The zero-order valence-electron chi connectivity index (χ0n) is 13.1. The Morgan fingerprint density at radius 2 is 2.00 bits per heavy atom. The van der Waals surface area contributed by atoms with Gasteiger partial charge in [0.25, 0.3) is 5.69 Å². The molecule has 0 N–H and O–H groups in total. The van der Waals surface area contributed by atoms with Gasteiger partial charge in [0.05, 0.1) is 21.6 Å². The molecule has 0 aliphatic rings. The Morgan fingerprint density at radius 3 is 2.69 bits per heavy atom. The van der Waals surface area contributed by atoms with Crippen molar-refractivity contribution in [1.29, 1.82) is 5.26 Å². The lowest BCUT2D eigenvalue weighted by Crippen LogP contribution is -1.89. The van der Waals surface area contributed by atoms with Crippen molar-refractivity contribution in [1.82, 2.24) is 9.38 Å². The smallest absolute Gasteiger partial charge is 0.270 e. The normalized spacial score (nSPS) is 10.8. The summed E-state index contributed by atoms with van der Waals surface area (Å²) in [6, 6.07) is 13.5. The highest BCUT2D eigenvalue weighted by Gasteiger charge is 2.19. The molecule has 26 heavy (non-hydrogen) atoms. The van der Waals surface area contributed by atoms with Crippen LogP contribution in [0.4, 0.5) is 5.69 Å². The van der Waals surface area contributed by atoms with Crippen molar-refractivity contribution in [3.05, 3.63) is 74.7 Å². The topological polar surface area (TPSA) is 84.2 Å². The first-order chi connectivity index (χ1) is 12.6. The number of hydrogen-bond donors (Lipinski definition) is 0. The lowest BCUT2D eigenvalue weighted by Gasteiger charge is -2.01. The zero-order valence-corrected chi connectivity index (χ0v) is 14.7. The van der Waals surface area contributed by atoms with Crippen LogP contribution in [0.15, 0.2) is 54.0 Å². The summed E-state index contributed by atoms with van der Waals surface area (Å²) in [4.78, 5) is 16.2. The molecule has 0 spiro atoms. The van der Waals surface area contributed by atoms with Crippen LogP contribution in [0.2, 0.25) is 5.02 Å². The number of nitro groups is 1. The molecule has 126 valence electrons. The standard InChI is InChI=1S/C18H9ClN4O2S/c19-15-6-5-13(23(24)25)9-14(15)16-18-22(7-8-26-18)17(21-16)12-3-1-11(10-20)2-4-12/h1-9H. The summed E-state index contributed by atoms with van der Waals surface area (Å²) in [5, 5.41) is 22.4. The van der Waals surface area contributed by atoms with Gasteiger partial charge >= 0.3 is 0 Å². The molecule has 0 amide bonds. The monoisotopic (exact) mass is 380 g/mol. The largest absolute Gasteiger partial charge is 0.290 e. The Morgan fingerprint density at radius 1 is 1.23 bits per heavy atom. The highest BCUT2D eigenvalue weighted by molar-refractivity contribution is 7.16. The molecular weight excluding hydrogens is 372 g/mol. The molecular formula is C18H9ClN4O2S. The zero-order chi connectivity index (χ0) is 18.3. The fourth-order valence-corrected chi connectivity index (χ4v) is 3.75. The Hall–Kier alpha value is -3.21. The van der Waals surface area contributed by atoms with Gasteiger partial charge in [-0.05, 0) is 30.3 Å². The van der Waals surface area contributed by atoms with Crippen LogP contribution in [-0.2, 0) is 0 Å². The molecule has 0 atom stereocenters. The molecule has 0 saturated carbocycles. The van der Waals surface area contributed by atoms with Crippen LogP contribution < -0.4 is 0 Å². The van der Waals surface area contributed by atoms with E-state index >= 15 is 0 Å². The van der Waals surface area contributed by atoms with E-state index in [9.17, 15) is 10.1 Å². The number of imidazole rings is 1. The van der Waals surface area contributed by atoms with E-state index < -0.39 is 4.92 Å². The van der Waals surface area contributed by atoms with E-state index in [0.29, 0.717) is 27.7 Å². The second-order valence-electron chi connectivity index (χ2n) is 5.47. The SMILES string of the molecule is N#Cc1ccc(-c2nc(-c3cc([N+](=O)[O-])ccc3Cl)c3sccn23)cc1. The van der Waals surface area contributed by atoms with Crippen molar-refractivity contribution in [2.45, 2.75) is 0 Å². The van der Waals surface area contributed by atoms with E-state index in [1.165, 1.54) is 29.5 Å². The number of hydrogen-bond acceptors (Lipinski definition) is 5. The number of aromatic nitrogens is 2. The molecule has 6 nitrogen and oxygen atoms in total. The number of nitriles is 1. The number of nitrogens with zero attached hydrogens (tertiary/aromatic N) is 4. The fraction of sp³-hybridized carbons (Fsp3) is 0. The van der Waals surface area contributed by atoms with Crippen molar-refractivity contribution < 1.29 is 4.92 Å². The number of non-ortho nitro benzene ring substituents is 1. The number of rotatable bonds is 3. The lowest BCUT2D eigenvalue weighted by atomic mass is 10.1. The Balaban J connectivity index is 1.93. The van der Waals surface area contributed by atoms with E-state index in [-0.39, 0.29) is 5.69 Å². The molecule has 8 heteroatoms. The summed E-state index contributed by atoms with van der Waals surface area (Å²) in [5.41, 5.74) is 2.47. The highest BCUT2D eigenvalue weighted by Crippen LogP contribution is 2.37. The average Bonchev–Trinajstić information content (AvgIpc) is 3.25. The van der Waals surface area contributed by atoms with Crippen LogP contribution >= 0.6 is 22.9 Å². The van der Waals surface area contributed by atoms with Gasteiger partial charge in [-0.25, -0.2) is 4.98 Å². The first kappa shape index (κ1) is 16.3. The molecule has 4 aromatic rings. The van der Waals surface area contributed by atoms with E-state index in [4.69, 9.17) is 21.8 Å². The van der Waals surface area contributed by atoms with E-state index in [1.54, 1.807) is 12.1 Å². The summed E-state index contributed by atoms with van der Waals surface area (Å²) >= 11 is 7.77. The summed E-state index contributed by atoms with van der Waals surface area (Å²) in [6.45, 7) is 0. The number of halogens is 1. The van der Waals surface area contributed by atoms with Crippen molar-refractivity contribution >= 4 is 33.5 Å². The molecule has 0 unspecified atom stereocenters. The molecule has 0 radical (unpaired) electrons. The summed E-state index contributed by atoms with van der Waals surface area (Å²) in [7, 11) is 0. The number of nitro benzene ring substituents is 1. The Kier molecular flexibility index (Phi) is 3.92. The second kappa shape index (κ2) is 6.26. The molecule has 0 bridgehead atoms. The van der Waals surface area contributed by atoms with Gasteiger partial charge in [0.2, 0.25) is 0 Å².